The van der Waals surface area contributed by atoms with Crippen LogP contribution < -0.4 is 0 Å². The van der Waals surface area contributed by atoms with E-state index in [0.29, 0.717) is 5.92 Å². The van der Waals surface area contributed by atoms with E-state index >= 15 is 0 Å². The first-order valence-corrected chi connectivity index (χ1v) is 7.44. The number of aryl methyl sites for hydroxylation is 1. The van der Waals surface area contributed by atoms with E-state index in [1.54, 1.807) is 0 Å². The molecule has 0 spiro atoms. The summed E-state index contributed by atoms with van der Waals surface area (Å²) in [6.07, 6.45) is 2.66. The van der Waals surface area contributed by atoms with Gasteiger partial charge in [0.05, 0.1) is 12.0 Å². The molecule has 1 aromatic rings. The lowest BCUT2D eigenvalue weighted by atomic mass is 10.1. The van der Waals surface area contributed by atoms with Gasteiger partial charge in [0.1, 0.15) is 11.5 Å². The molecule has 3 rings (SSSR count). The molecule has 0 atom stereocenters. The summed E-state index contributed by atoms with van der Waals surface area (Å²) in [7, 11) is 0. The fraction of sp³-hybridized carbons (Fsp3) is 0.353. The quantitative estimate of drug-likeness (QED) is 0.734. The fourth-order valence-electron chi connectivity index (χ4n) is 2.41. The summed E-state index contributed by atoms with van der Waals surface area (Å²) < 4.78 is 2.06. The van der Waals surface area contributed by atoms with E-state index in [-0.39, 0.29) is 0 Å². The molecule has 0 saturated carbocycles. The Labute approximate surface area is 125 Å². The number of rotatable bonds is 4. The molecule has 0 unspecified atom stereocenters. The molecular weight excluding hydrogens is 260 g/mol. The third-order valence-corrected chi connectivity index (χ3v) is 3.63. The van der Waals surface area contributed by atoms with Gasteiger partial charge in [-0.1, -0.05) is 44.2 Å². The third-order valence-electron chi connectivity index (χ3n) is 3.63. The Morgan fingerprint density at radius 2 is 1.86 bits per heavy atom. The minimum Gasteiger partial charge on any atom is -0.315 e. The summed E-state index contributed by atoms with van der Waals surface area (Å²) >= 11 is 0. The lowest BCUT2D eigenvalue weighted by Gasteiger charge is -2.11. The van der Waals surface area contributed by atoms with Gasteiger partial charge >= 0.3 is 0 Å². The summed E-state index contributed by atoms with van der Waals surface area (Å²) in [6.45, 7) is 7.19. The molecule has 4 nitrogen and oxygen atoms in total. The molecule has 0 aromatic heterocycles. The number of aromatic nitrogens is 4. The van der Waals surface area contributed by atoms with Crippen LogP contribution in [-0.2, 0) is 13.0 Å². The van der Waals surface area contributed by atoms with Crippen LogP contribution in [0, 0.1) is 0 Å². The third kappa shape index (κ3) is 2.66. The highest BCUT2D eigenvalue weighted by Gasteiger charge is 2.20. The van der Waals surface area contributed by atoms with Crippen molar-refractivity contribution >= 4 is 0 Å². The van der Waals surface area contributed by atoms with Crippen LogP contribution in [0.25, 0.3) is 11.5 Å². The predicted molar refractivity (Wildman–Crippen MR) is 83.5 cm³/mol. The first-order valence-electron chi connectivity index (χ1n) is 7.44. The number of hydrogen-bond donors (Lipinski definition) is 0. The molecule has 0 fully saturated rings. The second kappa shape index (κ2) is 5.64. The van der Waals surface area contributed by atoms with Gasteiger partial charge in [-0.25, -0.2) is 15.0 Å². The van der Waals surface area contributed by atoms with E-state index in [4.69, 9.17) is 9.97 Å². The van der Waals surface area contributed by atoms with Crippen LogP contribution in [-0.4, -0.2) is 19.5 Å². The van der Waals surface area contributed by atoms with Crippen molar-refractivity contribution in [2.24, 2.45) is 0 Å². The van der Waals surface area contributed by atoms with E-state index in [0.717, 1.165) is 36.0 Å². The van der Waals surface area contributed by atoms with Crippen LogP contribution in [0.1, 0.15) is 43.8 Å². The maximum absolute atomic E-state index is 4.72. The van der Waals surface area contributed by atoms with Crippen molar-refractivity contribution in [3.63, 3.8) is 0 Å². The van der Waals surface area contributed by atoms with Crippen molar-refractivity contribution in [2.75, 3.05) is 0 Å². The largest absolute Gasteiger partial charge is 0.315 e. The number of benzene rings is 1. The highest BCUT2D eigenvalue weighted by atomic mass is 15.1. The van der Waals surface area contributed by atoms with E-state index in [1.165, 1.54) is 5.56 Å². The second-order valence-corrected chi connectivity index (χ2v) is 5.55. The minimum absolute atomic E-state index is 0.326. The van der Waals surface area contributed by atoms with Crippen LogP contribution in [0.4, 0.5) is 0 Å². The number of nitrogens with zero attached hydrogens (tertiary/aromatic N) is 4. The fourth-order valence-corrected chi connectivity index (χ4v) is 2.41. The van der Waals surface area contributed by atoms with E-state index in [9.17, 15) is 0 Å². The van der Waals surface area contributed by atoms with Crippen LogP contribution in [0.2, 0.25) is 0 Å². The summed E-state index contributed by atoms with van der Waals surface area (Å²) in [5, 5.41) is 0. The monoisotopic (exact) mass is 280 g/mol. The van der Waals surface area contributed by atoms with Crippen molar-refractivity contribution < 1.29 is 0 Å². The maximum atomic E-state index is 4.72. The number of hydrogen-bond acceptors (Lipinski definition) is 3. The number of fused-ring (bicyclic) bond motifs is 1. The summed E-state index contributed by atoms with van der Waals surface area (Å²) in [6, 6.07) is 10.4. The van der Waals surface area contributed by atoms with Crippen molar-refractivity contribution in [1.82, 2.24) is 19.5 Å². The van der Waals surface area contributed by atoms with Crippen LogP contribution >= 0.6 is 0 Å². The van der Waals surface area contributed by atoms with Crippen molar-refractivity contribution in [1.29, 1.82) is 0 Å². The Bertz CT molecular complexity index is 700. The van der Waals surface area contributed by atoms with Gasteiger partial charge in [0, 0.05) is 18.9 Å². The Balaban J connectivity index is 2.07. The lowest BCUT2D eigenvalue weighted by Crippen LogP contribution is -2.07. The zero-order chi connectivity index (χ0) is 14.8. The standard InChI is InChI=1S/C17H20N4/c1-4-21-11-18-14(10-13-8-6-5-7-9-13)15-17(21)20-16(19-15)12(2)3/h5-9,11-12H,4,10H2,1-3H3. The van der Waals surface area contributed by atoms with Crippen molar-refractivity contribution in [3.8, 4) is 11.5 Å². The van der Waals surface area contributed by atoms with Gasteiger partial charge in [0.25, 0.3) is 0 Å². The summed E-state index contributed by atoms with van der Waals surface area (Å²) in [5.41, 5.74) is 3.18. The zero-order valence-electron chi connectivity index (χ0n) is 12.7. The van der Waals surface area contributed by atoms with Crippen LogP contribution in [0.15, 0.2) is 36.7 Å². The lowest BCUT2D eigenvalue weighted by molar-refractivity contribution is 0.718. The van der Waals surface area contributed by atoms with Gasteiger partial charge in [-0.2, -0.15) is 0 Å². The zero-order valence-corrected chi connectivity index (χ0v) is 12.7. The molecule has 0 radical (unpaired) electrons. The molecular formula is C17H20N4. The Kier molecular flexibility index (Phi) is 3.69. The molecule has 0 aliphatic carbocycles. The SMILES string of the molecule is CCn1cnc(Cc2ccccc2)c2nc(C(C)C)nc1-2. The molecule has 0 amide bonds. The Morgan fingerprint density at radius 3 is 2.52 bits per heavy atom. The van der Waals surface area contributed by atoms with Gasteiger partial charge in [-0.15, -0.1) is 0 Å². The summed E-state index contributed by atoms with van der Waals surface area (Å²) in [4.78, 5) is 14.0. The van der Waals surface area contributed by atoms with Gasteiger partial charge < -0.3 is 4.57 Å². The average Bonchev–Trinajstić information content (AvgIpc) is 2.94. The molecule has 2 aliphatic heterocycles. The molecule has 1 aromatic carbocycles. The first kappa shape index (κ1) is 13.7. The highest BCUT2D eigenvalue weighted by molar-refractivity contribution is 5.56. The van der Waals surface area contributed by atoms with E-state index < -0.39 is 0 Å². The first-order chi connectivity index (χ1) is 10.2. The Morgan fingerprint density at radius 1 is 1.10 bits per heavy atom. The molecule has 4 heteroatoms. The van der Waals surface area contributed by atoms with Crippen LogP contribution in [0.3, 0.4) is 0 Å². The molecule has 108 valence electrons. The topological polar surface area (TPSA) is 43.6 Å². The molecule has 2 aliphatic rings. The maximum Gasteiger partial charge on any atom is 0.163 e. The molecule has 2 heterocycles. The summed E-state index contributed by atoms with van der Waals surface area (Å²) in [5.74, 6) is 2.17. The molecule has 21 heavy (non-hydrogen) atoms. The molecule has 0 bridgehead atoms. The number of imidazole rings is 1. The van der Waals surface area contributed by atoms with Crippen molar-refractivity contribution in [3.05, 3.63) is 53.7 Å². The van der Waals surface area contributed by atoms with Gasteiger partial charge in [0.2, 0.25) is 0 Å². The minimum atomic E-state index is 0.326. The molecule has 0 saturated heterocycles. The van der Waals surface area contributed by atoms with Gasteiger partial charge in [-0.3, -0.25) is 0 Å². The van der Waals surface area contributed by atoms with E-state index in [1.807, 2.05) is 12.4 Å². The molecule has 0 N–H and O–H groups in total. The second-order valence-electron chi connectivity index (χ2n) is 5.55. The average molecular weight is 280 g/mol. The Hall–Kier alpha value is -2.23. The van der Waals surface area contributed by atoms with Gasteiger partial charge in [-0.05, 0) is 12.5 Å². The van der Waals surface area contributed by atoms with Gasteiger partial charge in [0.15, 0.2) is 5.82 Å². The van der Waals surface area contributed by atoms with E-state index in [2.05, 4.69) is 54.6 Å². The van der Waals surface area contributed by atoms with Crippen molar-refractivity contribution in [2.45, 2.75) is 39.7 Å². The highest BCUT2D eigenvalue weighted by Crippen LogP contribution is 2.26. The predicted octanol–water partition coefficient (Wildman–Crippen LogP) is 3.51. The smallest absolute Gasteiger partial charge is 0.163 e. The van der Waals surface area contributed by atoms with Crippen LogP contribution in [0.5, 0.6) is 0 Å². The normalized spacial score (nSPS) is 11.4.